The Morgan fingerprint density at radius 3 is 1.28 bits per heavy atom. The molecule has 0 spiro atoms. The van der Waals surface area contributed by atoms with Gasteiger partial charge >= 0.3 is 0 Å². The minimum Gasteiger partial charge on any atom is -0.359 e. The van der Waals surface area contributed by atoms with Gasteiger partial charge in [0, 0.05) is 44.2 Å². The maximum Gasteiger partial charge on any atom is 0.130 e. The van der Waals surface area contributed by atoms with Gasteiger partial charge in [-0.15, -0.1) is 0 Å². The molecule has 0 aliphatic carbocycles. The number of hydrogen-bond donors (Lipinski definition) is 1. The number of rotatable bonds is 7. The van der Waals surface area contributed by atoms with Crippen LogP contribution in [0.25, 0.3) is 77.5 Å². The molecule has 0 fully saturated rings. The Morgan fingerprint density at radius 1 is 0.311 bits per heavy atom. The normalized spacial score (nSPS) is 14.1. The van der Waals surface area contributed by atoms with Crippen LogP contribution in [0.2, 0.25) is 0 Å². The van der Waals surface area contributed by atoms with Crippen LogP contribution in [0.5, 0.6) is 0 Å². The molecule has 12 rings (SSSR count). The molecule has 1 unspecified atom stereocenters. The summed E-state index contributed by atoms with van der Waals surface area (Å²) in [7, 11) is 0. The van der Waals surface area contributed by atoms with E-state index in [4.69, 9.17) is 0 Å². The Bertz CT molecular complexity index is 3420. The SMILES string of the molecule is c1ccc(C2=C(c3ccccc3)N(c3ccccc3)C(c3ccc(-n4c5ccccc5c5cc(-c6ccc7c(c6)c6ccccc6n7-c6ccccc6)ccc54)cc3)N2)cc1. The molecule has 9 aromatic carbocycles. The number of benzene rings is 9. The van der Waals surface area contributed by atoms with E-state index < -0.39 is 0 Å². The molecule has 0 radical (unpaired) electrons. The Hall–Kier alpha value is -8.08. The molecule has 1 N–H and O–H groups in total. The van der Waals surface area contributed by atoms with Gasteiger partial charge in [-0.3, -0.25) is 0 Å². The average Bonchev–Trinajstić information content (AvgIpc) is 4.01. The van der Waals surface area contributed by atoms with Gasteiger partial charge in [-0.2, -0.15) is 0 Å². The molecule has 11 aromatic rings. The van der Waals surface area contributed by atoms with Gasteiger partial charge in [0.1, 0.15) is 6.17 Å². The monoisotopic (exact) mass is 780 g/mol. The number of para-hydroxylation sites is 4. The second-order valence-electron chi connectivity index (χ2n) is 15.8. The lowest BCUT2D eigenvalue weighted by Gasteiger charge is -2.30. The topological polar surface area (TPSA) is 25.1 Å². The fraction of sp³-hybridized carbons (Fsp3) is 0.0175. The van der Waals surface area contributed by atoms with Crippen LogP contribution < -0.4 is 10.2 Å². The summed E-state index contributed by atoms with van der Waals surface area (Å²) in [5, 5.41) is 8.97. The third-order valence-corrected chi connectivity index (χ3v) is 12.3. The second kappa shape index (κ2) is 14.3. The number of nitrogens with one attached hydrogen (secondary N) is 1. The quantitative estimate of drug-likeness (QED) is 0.174. The van der Waals surface area contributed by atoms with Crippen LogP contribution in [0, 0.1) is 0 Å². The first-order valence-electron chi connectivity index (χ1n) is 21.0. The van der Waals surface area contributed by atoms with Gasteiger partial charge < -0.3 is 19.4 Å². The van der Waals surface area contributed by atoms with Gasteiger partial charge in [0.05, 0.1) is 33.5 Å². The van der Waals surface area contributed by atoms with E-state index >= 15 is 0 Å². The lowest BCUT2D eigenvalue weighted by Crippen LogP contribution is -2.29. The van der Waals surface area contributed by atoms with Gasteiger partial charge in [-0.25, -0.2) is 0 Å². The van der Waals surface area contributed by atoms with Crippen molar-refractivity contribution in [3.05, 3.63) is 247 Å². The summed E-state index contributed by atoms with van der Waals surface area (Å²) < 4.78 is 4.79. The summed E-state index contributed by atoms with van der Waals surface area (Å²) in [4.78, 5) is 2.45. The predicted octanol–water partition coefficient (Wildman–Crippen LogP) is 14.2. The number of aromatic nitrogens is 2. The van der Waals surface area contributed by atoms with E-state index in [0.717, 1.165) is 28.3 Å². The van der Waals surface area contributed by atoms with Crippen molar-refractivity contribution in [2.45, 2.75) is 6.17 Å². The molecule has 0 bridgehead atoms. The van der Waals surface area contributed by atoms with Crippen molar-refractivity contribution < 1.29 is 0 Å². The van der Waals surface area contributed by atoms with Crippen molar-refractivity contribution in [3.8, 4) is 22.5 Å². The Labute approximate surface area is 354 Å². The first-order chi connectivity index (χ1) is 30.3. The summed E-state index contributed by atoms with van der Waals surface area (Å²) in [6, 6.07) is 83.3. The van der Waals surface area contributed by atoms with Crippen LogP contribution >= 0.6 is 0 Å². The van der Waals surface area contributed by atoms with Crippen LogP contribution in [0.1, 0.15) is 22.9 Å². The molecule has 4 heteroatoms. The van der Waals surface area contributed by atoms with Crippen LogP contribution in [-0.4, -0.2) is 9.13 Å². The summed E-state index contributed by atoms with van der Waals surface area (Å²) >= 11 is 0. The molecule has 0 saturated carbocycles. The summed E-state index contributed by atoms with van der Waals surface area (Å²) in [6.45, 7) is 0. The van der Waals surface area contributed by atoms with E-state index in [9.17, 15) is 0 Å². The zero-order chi connectivity index (χ0) is 40.3. The number of nitrogens with zero attached hydrogens (tertiary/aromatic N) is 3. The second-order valence-corrected chi connectivity index (χ2v) is 15.8. The van der Waals surface area contributed by atoms with E-state index in [2.05, 4.69) is 250 Å². The summed E-state index contributed by atoms with van der Waals surface area (Å²) in [6.07, 6.45) is -0.123. The van der Waals surface area contributed by atoms with Crippen molar-refractivity contribution in [1.82, 2.24) is 14.5 Å². The highest BCUT2D eigenvalue weighted by Gasteiger charge is 2.35. The van der Waals surface area contributed by atoms with E-state index in [1.54, 1.807) is 0 Å². The molecular weight excluding hydrogens is 741 g/mol. The molecule has 2 aromatic heterocycles. The van der Waals surface area contributed by atoms with E-state index in [-0.39, 0.29) is 6.17 Å². The molecule has 3 heterocycles. The molecule has 1 atom stereocenters. The first kappa shape index (κ1) is 34.9. The van der Waals surface area contributed by atoms with Crippen molar-refractivity contribution in [2.75, 3.05) is 4.90 Å². The van der Waals surface area contributed by atoms with E-state index in [0.29, 0.717) is 0 Å². The fourth-order valence-electron chi connectivity index (χ4n) is 9.57. The largest absolute Gasteiger partial charge is 0.359 e. The highest BCUT2D eigenvalue weighted by molar-refractivity contribution is 6.12. The highest BCUT2D eigenvalue weighted by atomic mass is 15.3. The summed E-state index contributed by atoms with van der Waals surface area (Å²) in [5.41, 5.74) is 16.4. The average molecular weight is 781 g/mol. The zero-order valence-electron chi connectivity index (χ0n) is 33.4. The molecule has 0 amide bonds. The first-order valence-corrected chi connectivity index (χ1v) is 21.0. The predicted molar refractivity (Wildman–Crippen MR) is 255 cm³/mol. The van der Waals surface area contributed by atoms with Crippen molar-refractivity contribution >= 4 is 60.7 Å². The van der Waals surface area contributed by atoms with Crippen LogP contribution in [-0.2, 0) is 0 Å². The van der Waals surface area contributed by atoms with Crippen molar-refractivity contribution in [1.29, 1.82) is 0 Å². The lowest BCUT2D eigenvalue weighted by molar-refractivity contribution is 0.679. The Balaban J connectivity index is 0.950. The summed E-state index contributed by atoms with van der Waals surface area (Å²) in [5.74, 6) is 0. The molecule has 4 nitrogen and oxygen atoms in total. The number of fused-ring (bicyclic) bond motifs is 6. The Kier molecular flexibility index (Phi) is 8.20. The molecule has 61 heavy (non-hydrogen) atoms. The molecule has 1 aliphatic heterocycles. The standard InChI is InChI=1S/C57H40N4/c1-5-17-39(18-6-1)55-56(40-19-7-2-8-20-40)61(45-23-11-4-12-24-45)57(58-55)41-29-33-46(34-30-41)60-52-28-16-14-26-48(52)50-38-43(32-36-54(50)60)42-31-35-53-49(37-42)47-25-13-15-27-51(47)59(53)44-21-9-3-10-22-44/h1-38,57-58H. The molecule has 1 aliphatic rings. The highest BCUT2D eigenvalue weighted by Crippen LogP contribution is 2.44. The lowest BCUT2D eigenvalue weighted by atomic mass is 10.0. The number of hydrogen-bond acceptors (Lipinski definition) is 2. The van der Waals surface area contributed by atoms with Gasteiger partial charge in [0.25, 0.3) is 0 Å². The van der Waals surface area contributed by atoms with Crippen molar-refractivity contribution in [2.24, 2.45) is 0 Å². The third-order valence-electron chi connectivity index (χ3n) is 12.3. The van der Waals surface area contributed by atoms with E-state index in [1.807, 2.05) is 0 Å². The molecule has 0 saturated heterocycles. The van der Waals surface area contributed by atoms with Crippen LogP contribution in [0.4, 0.5) is 5.69 Å². The third kappa shape index (κ3) is 5.76. The number of anilines is 1. The minimum absolute atomic E-state index is 0.123. The van der Waals surface area contributed by atoms with Crippen molar-refractivity contribution in [3.63, 3.8) is 0 Å². The zero-order valence-corrected chi connectivity index (χ0v) is 33.4. The maximum absolute atomic E-state index is 3.98. The fourth-order valence-corrected chi connectivity index (χ4v) is 9.57. The van der Waals surface area contributed by atoms with Gasteiger partial charge in [0.15, 0.2) is 0 Å². The van der Waals surface area contributed by atoms with E-state index in [1.165, 1.54) is 71.6 Å². The maximum atomic E-state index is 3.98. The Morgan fingerprint density at radius 2 is 0.738 bits per heavy atom. The minimum atomic E-state index is -0.123. The van der Waals surface area contributed by atoms with Gasteiger partial charge in [-0.05, 0) is 95.1 Å². The van der Waals surface area contributed by atoms with Gasteiger partial charge in [-0.1, -0.05) is 158 Å². The molecule has 288 valence electrons. The molecular formula is C57H40N4. The van der Waals surface area contributed by atoms with Gasteiger partial charge in [0.2, 0.25) is 0 Å². The van der Waals surface area contributed by atoms with Crippen LogP contribution in [0.15, 0.2) is 231 Å². The van der Waals surface area contributed by atoms with Crippen LogP contribution in [0.3, 0.4) is 0 Å². The smallest absolute Gasteiger partial charge is 0.130 e.